The number of hydrogen-bond donors (Lipinski definition) is 0. The van der Waals surface area contributed by atoms with Gasteiger partial charge in [-0.25, -0.2) is 0 Å². The summed E-state index contributed by atoms with van der Waals surface area (Å²) in [4.78, 5) is 22.6. The van der Waals surface area contributed by atoms with E-state index in [1.54, 1.807) is 0 Å². The third-order valence-corrected chi connectivity index (χ3v) is 3.92. The molecule has 0 bridgehead atoms. The van der Waals surface area contributed by atoms with Gasteiger partial charge in [-0.15, -0.1) is 0 Å². The van der Waals surface area contributed by atoms with Crippen LogP contribution in [-0.4, -0.2) is 18.9 Å². The van der Waals surface area contributed by atoms with Crippen molar-refractivity contribution >= 4 is 11.8 Å². The fraction of sp³-hybridized carbons (Fsp3) is 0.500. The van der Waals surface area contributed by atoms with Crippen molar-refractivity contribution in [3.63, 3.8) is 0 Å². The van der Waals surface area contributed by atoms with Crippen LogP contribution in [0.25, 0.3) is 0 Å². The molecule has 0 spiro atoms. The number of esters is 1. The highest BCUT2D eigenvalue weighted by Crippen LogP contribution is 2.17. The third-order valence-electron chi connectivity index (χ3n) is 3.92. The molecule has 1 aromatic rings. The Kier molecular flexibility index (Phi) is 8.11. The van der Waals surface area contributed by atoms with Gasteiger partial charge in [-0.2, -0.15) is 0 Å². The molecule has 0 N–H and O–H groups in total. The minimum atomic E-state index is -0.197. The number of hydrogen-bond acceptors (Lipinski definition) is 3. The monoisotopic (exact) mass is 314 g/mol. The Morgan fingerprint density at radius 3 is 2.48 bits per heavy atom. The number of carbonyl (C=O) groups is 2. The molecule has 0 aliphatic carbocycles. The zero-order chi connectivity index (χ0) is 17.2. The van der Waals surface area contributed by atoms with Gasteiger partial charge in [-0.05, 0) is 49.4 Å². The molecule has 0 fully saturated rings. The first-order valence-corrected chi connectivity index (χ1v) is 8.15. The van der Waals surface area contributed by atoms with E-state index in [0.717, 1.165) is 17.5 Å². The highest BCUT2D eigenvalue weighted by molar-refractivity contribution is 5.78. The second-order valence-electron chi connectivity index (χ2n) is 5.72. The number of rotatable bonds is 7. The van der Waals surface area contributed by atoms with Gasteiger partial charge in [0, 0.05) is 31.2 Å². The van der Waals surface area contributed by atoms with Crippen molar-refractivity contribution in [3.05, 3.63) is 34.4 Å². The van der Waals surface area contributed by atoms with Crippen LogP contribution in [-0.2, 0) is 20.7 Å². The quantitative estimate of drug-likeness (QED) is 0.435. The SMILES string of the molecule is CCC(=O)CCc1cc(C)c(C)cc1C#CCCCC(=O)OC. The normalized spacial score (nSPS) is 9.91. The molecule has 0 unspecified atom stereocenters. The number of unbranched alkanes of at least 4 members (excludes halogenated alkanes) is 1. The van der Waals surface area contributed by atoms with Gasteiger partial charge in [0.15, 0.2) is 0 Å². The molecule has 0 radical (unpaired) electrons. The molecule has 1 rings (SSSR count). The molecule has 0 aromatic heterocycles. The molecular weight excluding hydrogens is 288 g/mol. The van der Waals surface area contributed by atoms with E-state index in [-0.39, 0.29) is 11.8 Å². The standard InChI is InChI=1S/C20H26O3/c1-5-19(21)12-11-18-14-16(3)15(2)13-17(18)9-7-6-8-10-20(22)23-4/h13-14H,5-6,8,10-12H2,1-4H3. The highest BCUT2D eigenvalue weighted by atomic mass is 16.5. The minimum Gasteiger partial charge on any atom is -0.469 e. The van der Waals surface area contributed by atoms with Gasteiger partial charge in [0.25, 0.3) is 0 Å². The second kappa shape index (κ2) is 9.84. The van der Waals surface area contributed by atoms with E-state index >= 15 is 0 Å². The van der Waals surface area contributed by atoms with Gasteiger partial charge in [0.05, 0.1) is 7.11 Å². The van der Waals surface area contributed by atoms with Crippen LogP contribution in [0.5, 0.6) is 0 Å². The Bertz CT molecular complexity index is 618. The molecular formula is C20H26O3. The lowest BCUT2D eigenvalue weighted by Crippen LogP contribution is -2.01. The lowest BCUT2D eigenvalue weighted by molar-refractivity contribution is -0.140. The zero-order valence-electron chi connectivity index (χ0n) is 14.6. The van der Waals surface area contributed by atoms with Crippen LogP contribution < -0.4 is 0 Å². The fourth-order valence-electron chi connectivity index (χ4n) is 2.23. The maximum Gasteiger partial charge on any atom is 0.305 e. The predicted octanol–water partition coefficient (Wildman–Crippen LogP) is 3.91. The Hall–Kier alpha value is -2.08. The average Bonchev–Trinajstić information content (AvgIpc) is 2.55. The summed E-state index contributed by atoms with van der Waals surface area (Å²) in [5.74, 6) is 6.41. The van der Waals surface area contributed by atoms with Crippen LogP contribution in [0.15, 0.2) is 12.1 Å². The first kappa shape index (κ1) is 19.0. The van der Waals surface area contributed by atoms with Crippen molar-refractivity contribution in [2.75, 3.05) is 7.11 Å². The summed E-state index contributed by atoms with van der Waals surface area (Å²) in [5.41, 5.74) is 4.56. The van der Waals surface area contributed by atoms with E-state index < -0.39 is 0 Å². The van der Waals surface area contributed by atoms with Gasteiger partial charge in [0.1, 0.15) is 5.78 Å². The van der Waals surface area contributed by atoms with E-state index in [1.807, 2.05) is 6.92 Å². The zero-order valence-corrected chi connectivity index (χ0v) is 14.6. The van der Waals surface area contributed by atoms with E-state index in [9.17, 15) is 9.59 Å². The number of ether oxygens (including phenoxy) is 1. The number of methoxy groups -OCH3 is 1. The molecule has 0 aliphatic rings. The third kappa shape index (κ3) is 6.69. The van der Waals surface area contributed by atoms with Crippen molar-refractivity contribution in [2.45, 2.75) is 59.3 Å². The Morgan fingerprint density at radius 1 is 1.13 bits per heavy atom. The molecule has 0 saturated heterocycles. The van der Waals surface area contributed by atoms with Crippen LogP contribution in [0.3, 0.4) is 0 Å². The van der Waals surface area contributed by atoms with Crippen LogP contribution in [0, 0.1) is 25.7 Å². The van der Waals surface area contributed by atoms with E-state index in [1.165, 1.54) is 18.2 Å². The summed E-state index contributed by atoms with van der Waals surface area (Å²) < 4.78 is 4.61. The fourth-order valence-corrected chi connectivity index (χ4v) is 2.23. The molecule has 0 amide bonds. The lowest BCUT2D eigenvalue weighted by Gasteiger charge is -2.08. The summed E-state index contributed by atoms with van der Waals surface area (Å²) in [6, 6.07) is 4.23. The second-order valence-corrected chi connectivity index (χ2v) is 5.72. The minimum absolute atomic E-state index is 0.197. The van der Waals surface area contributed by atoms with E-state index in [2.05, 4.69) is 42.6 Å². The molecule has 1 aromatic carbocycles. The van der Waals surface area contributed by atoms with Gasteiger partial charge >= 0.3 is 5.97 Å². The van der Waals surface area contributed by atoms with Crippen molar-refractivity contribution in [2.24, 2.45) is 0 Å². The molecule has 3 nitrogen and oxygen atoms in total. The van der Waals surface area contributed by atoms with Crippen molar-refractivity contribution in [1.29, 1.82) is 0 Å². The predicted molar refractivity (Wildman–Crippen MR) is 92.3 cm³/mol. The molecule has 3 heteroatoms. The summed E-state index contributed by atoms with van der Waals surface area (Å²) in [7, 11) is 1.40. The van der Waals surface area contributed by atoms with E-state index in [4.69, 9.17) is 0 Å². The number of ketones is 1. The van der Waals surface area contributed by atoms with Crippen molar-refractivity contribution in [3.8, 4) is 11.8 Å². The Balaban J connectivity index is 2.77. The molecule has 0 heterocycles. The summed E-state index contributed by atoms with van der Waals surface area (Å²) in [6.45, 7) is 6.04. The van der Waals surface area contributed by atoms with Crippen molar-refractivity contribution < 1.29 is 14.3 Å². The highest BCUT2D eigenvalue weighted by Gasteiger charge is 2.06. The van der Waals surface area contributed by atoms with E-state index in [0.29, 0.717) is 32.1 Å². The van der Waals surface area contributed by atoms with Gasteiger partial charge in [-0.1, -0.05) is 24.8 Å². The first-order valence-electron chi connectivity index (χ1n) is 8.15. The van der Waals surface area contributed by atoms with Crippen LogP contribution in [0.1, 0.15) is 61.3 Å². The van der Waals surface area contributed by atoms with Gasteiger partial charge in [0.2, 0.25) is 0 Å². The lowest BCUT2D eigenvalue weighted by atomic mass is 9.96. The number of carbonyl (C=O) groups excluding carboxylic acids is 2. The first-order chi connectivity index (χ1) is 11.0. The van der Waals surface area contributed by atoms with Gasteiger partial charge in [-0.3, -0.25) is 9.59 Å². The molecule has 0 saturated carbocycles. The maximum absolute atomic E-state index is 11.6. The summed E-state index contributed by atoms with van der Waals surface area (Å²) >= 11 is 0. The molecule has 124 valence electrons. The topological polar surface area (TPSA) is 43.4 Å². The Labute approximate surface area is 139 Å². The van der Waals surface area contributed by atoms with Crippen molar-refractivity contribution in [1.82, 2.24) is 0 Å². The largest absolute Gasteiger partial charge is 0.469 e. The number of benzene rings is 1. The van der Waals surface area contributed by atoms with Crippen LogP contribution >= 0.6 is 0 Å². The summed E-state index contributed by atoms with van der Waals surface area (Å²) in [5, 5.41) is 0. The van der Waals surface area contributed by atoms with Crippen LogP contribution in [0.4, 0.5) is 0 Å². The number of aryl methyl sites for hydroxylation is 3. The van der Waals surface area contributed by atoms with Crippen LogP contribution in [0.2, 0.25) is 0 Å². The Morgan fingerprint density at radius 2 is 1.83 bits per heavy atom. The van der Waals surface area contributed by atoms with Gasteiger partial charge < -0.3 is 4.74 Å². The summed E-state index contributed by atoms with van der Waals surface area (Å²) in [6.07, 6.45) is 3.65. The smallest absolute Gasteiger partial charge is 0.305 e. The molecule has 23 heavy (non-hydrogen) atoms. The number of Topliss-reactive ketones (excluding diaryl/α,β-unsaturated/α-hetero) is 1. The average molecular weight is 314 g/mol. The maximum atomic E-state index is 11.6. The molecule has 0 aliphatic heterocycles. The molecule has 0 atom stereocenters.